The predicted octanol–water partition coefficient (Wildman–Crippen LogP) is 6.52. The van der Waals surface area contributed by atoms with Crippen molar-refractivity contribution < 1.29 is 0 Å². The number of dihydropyridines is 1. The van der Waals surface area contributed by atoms with Gasteiger partial charge in [0.1, 0.15) is 0 Å². The molecule has 1 N–H and O–H groups in total. The topological polar surface area (TPSA) is 12.0 Å². The molecule has 1 aromatic rings. The molecule has 2 heteroatoms. The molecular weight excluding hydrogens is 330 g/mol. The highest BCUT2D eigenvalue weighted by molar-refractivity contribution is 6.65. The fourth-order valence-corrected chi connectivity index (χ4v) is 5.20. The van der Waals surface area contributed by atoms with Crippen molar-refractivity contribution in [3.8, 4) is 0 Å². The van der Waals surface area contributed by atoms with Gasteiger partial charge in [-0.2, -0.15) is 0 Å². The molecule has 0 spiro atoms. The van der Waals surface area contributed by atoms with Crippen molar-refractivity contribution in [2.75, 3.05) is 0 Å². The van der Waals surface area contributed by atoms with E-state index >= 15 is 0 Å². The molecule has 137 valence electrons. The second-order valence-electron chi connectivity index (χ2n) is 8.74. The van der Waals surface area contributed by atoms with Crippen LogP contribution < -0.4 is 5.32 Å². The van der Waals surface area contributed by atoms with Crippen LogP contribution in [-0.4, -0.2) is 8.80 Å². The van der Waals surface area contributed by atoms with Crippen molar-refractivity contribution in [2.24, 2.45) is 5.41 Å². The third-order valence-corrected chi connectivity index (χ3v) is 6.80. The van der Waals surface area contributed by atoms with Crippen LogP contribution in [0.2, 0.25) is 13.1 Å². The summed E-state index contributed by atoms with van der Waals surface area (Å²) >= 11 is 0. The zero-order valence-electron chi connectivity index (χ0n) is 17.1. The molecule has 0 bridgehead atoms. The SMILES string of the molecule is Cc1cc(C2=CCCC=C2)ccc1C1C=C(C(C)(C)C)C([Si](C)C)=CN1. The summed E-state index contributed by atoms with van der Waals surface area (Å²) in [6, 6.07) is 7.20. The van der Waals surface area contributed by atoms with Crippen molar-refractivity contribution >= 4 is 14.4 Å². The van der Waals surface area contributed by atoms with Crippen LogP contribution in [-0.2, 0) is 0 Å². The molecule has 1 radical (unpaired) electrons. The molecule has 1 atom stereocenters. The fraction of sp³-hybridized carbons (Fsp3) is 0.417. The summed E-state index contributed by atoms with van der Waals surface area (Å²) in [5, 5.41) is 5.20. The summed E-state index contributed by atoms with van der Waals surface area (Å²) in [7, 11) is -0.486. The number of benzene rings is 1. The van der Waals surface area contributed by atoms with Gasteiger partial charge < -0.3 is 5.32 Å². The van der Waals surface area contributed by atoms with Gasteiger partial charge in [-0.3, -0.25) is 0 Å². The summed E-state index contributed by atoms with van der Waals surface area (Å²) in [5.74, 6) is 0. The predicted molar refractivity (Wildman–Crippen MR) is 117 cm³/mol. The van der Waals surface area contributed by atoms with Crippen LogP contribution in [0.15, 0.2) is 59.5 Å². The first kappa shape index (κ1) is 19.0. The smallest absolute Gasteiger partial charge is 0.0814 e. The molecule has 1 unspecified atom stereocenters. The van der Waals surface area contributed by atoms with Crippen LogP contribution in [0.5, 0.6) is 0 Å². The molecule has 3 rings (SSSR count). The standard InChI is InChI=1S/C24H32NSi/c1-17-14-19(18-10-8-7-9-11-18)12-13-20(17)22-15-21(24(2,3)4)23(16-25-22)26(5)6/h8,10-16,22,25H,7,9H2,1-6H3. The summed E-state index contributed by atoms with van der Waals surface area (Å²) < 4.78 is 0. The van der Waals surface area contributed by atoms with Gasteiger partial charge in [0, 0.05) is 0 Å². The Labute approximate surface area is 161 Å². The first-order valence-electron chi connectivity index (χ1n) is 9.74. The number of allylic oxidation sites excluding steroid dienone is 6. The lowest BCUT2D eigenvalue weighted by atomic mass is 9.82. The van der Waals surface area contributed by atoms with Crippen LogP contribution in [0.1, 0.15) is 56.3 Å². The van der Waals surface area contributed by atoms with Crippen LogP contribution in [0.25, 0.3) is 5.57 Å². The molecule has 1 aliphatic carbocycles. The van der Waals surface area contributed by atoms with Gasteiger partial charge in [-0.15, -0.1) is 0 Å². The minimum absolute atomic E-state index is 0.180. The molecule has 1 aliphatic heterocycles. The van der Waals surface area contributed by atoms with E-state index < -0.39 is 8.80 Å². The van der Waals surface area contributed by atoms with Crippen LogP contribution in [0.3, 0.4) is 0 Å². The van der Waals surface area contributed by atoms with E-state index in [0.29, 0.717) is 0 Å². The van der Waals surface area contributed by atoms with E-state index in [1.165, 1.54) is 39.5 Å². The summed E-state index contributed by atoms with van der Waals surface area (Å²) in [5.41, 5.74) is 7.13. The second kappa shape index (κ2) is 7.44. The molecule has 0 amide bonds. The van der Waals surface area contributed by atoms with Crippen molar-refractivity contribution in [2.45, 2.75) is 59.7 Å². The molecule has 2 aliphatic rings. The molecule has 1 nitrogen and oxygen atoms in total. The van der Waals surface area contributed by atoms with Crippen LogP contribution in [0.4, 0.5) is 0 Å². The third-order valence-electron chi connectivity index (χ3n) is 5.31. The van der Waals surface area contributed by atoms with E-state index in [0.717, 1.165) is 6.42 Å². The normalized spacial score (nSPS) is 20.4. The maximum Gasteiger partial charge on any atom is 0.0814 e. The first-order chi connectivity index (χ1) is 12.3. The zero-order chi connectivity index (χ0) is 18.9. The summed E-state index contributed by atoms with van der Waals surface area (Å²) in [6.45, 7) is 14.0. The second-order valence-corrected chi connectivity index (χ2v) is 11.3. The van der Waals surface area contributed by atoms with Gasteiger partial charge in [0.2, 0.25) is 0 Å². The average Bonchev–Trinajstić information content (AvgIpc) is 2.61. The van der Waals surface area contributed by atoms with Crippen molar-refractivity contribution in [1.29, 1.82) is 0 Å². The number of nitrogens with one attached hydrogen (secondary N) is 1. The lowest BCUT2D eigenvalue weighted by molar-refractivity contribution is 0.502. The zero-order valence-corrected chi connectivity index (χ0v) is 18.1. The van der Waals surface area contributed by atoms with Gasteiger partial charge in [0.15, 0.2) is 0 Å². The number of aryl methyl sites for hydroxylation is 1. The Morgan fingerprint density at radius 3 is 2.46 bits per heavy atom. The number of hydrogen-bond acceptors (Lipinski definition) is 1. The third kappa shape index (κ3) is 3.96. The Hall–Kier alpha value is -1.80. The van der Waals surface area contributed by atoms with Gasteiger partial charge in [0.05, 0.1) is 14.8 Å². The lowest BCUT2D eigenvalue weighted by Gasteiger charge is -2.33. The highest BCUT2D eigenvalue weighted by atomic mass is 28.3. The lowest BCUT2D eigenvalue weighted by Crippen LogP contribution is -2.28. The summed E-state index contributed by atoms with van der Waals surface area (Å²) in [6.07, 6.45) is 14.0. The largest absolute Gasteiger partial charge is 0.381 e. The van der Waals surface area contributed by atoms with E-state index in [2.05, 4.69) is 94.8 Å². The Kier molecular flexibility index (Phi) is 5.43. The van der Waals surface area contributed by atoms with Gasteiger partial charge in [-0.1, -0.05) is 76.4 Å². The molecule has 1 aromatic carbocycles. The highest BCUT2D eigenvalue weighted by Gasteiger charge is 2.27. The quantitative estimate of drug-likeness (QED) is 0.603. The minimum Gasteiger partial charge on any atom is -0.381 e. The van der Waals surface area contributed by atoms with Crippen molar-refractivity contribution in [3.05, 3.63) is 76.2 Å². The molecule has 0 saturated heterocycles. The first-order valence-corrected chi connectivity index (χ1v) is 12.2. The van der Waals surface area contributed by atoms with Gasteiger partial charge in [-0.25, -0.2) is 0 Å². The molecule has 0 aromatic heterocycles. The number of rotatable bonds is 3. The van der Waals surface area contributed by atoms with Crippen molar-refractivity contribution in [3.63, 3.8) is 0 Å². The average molecular weight is 363 g/mol. The summed E-state index contributed by atoms with van der Waals surface area (Å²) in [4.78, 5) is 0. The van der Waals surface area contributed by atoms with Gasteiger partial charge >= 0.3 is 0 Å². The Morgan fingerprint density at radius 2 is 1.88 bits per heavy atom. The Bertz CT molecular complexity index is 800. The van der Waals surface area contributed by atoms with E-state index in [4.69, 9.17) is 0 Å². The molecule has 1 heterocycles. The Balaban J connectivity index is 1.93. The van der Waals surface area contributed by atoms with E-state index in [1.54, 1.807) is 0 Å². The minimum atomic E-state index is -0.486. The fourth-order valence-electron chi connectivity index (χ4n) is 3.83. The van der Waals surface area contributed by atoms with E-state index in [1.807, 2.05) is 0 Å². The maximum absolute atomic E-state index is 3.67. The Morgan fingerprint density at radius 1 is 1.12 bits per heavy atom. The highest BCUT2D eigenvalue weighted by Crippen LogP contribution is 2.38. The van der Waals surface area contributed by atoms with Gasteiger partial charge in [-0.05, 0) is 64.4 Å². The molecular formula is C24H32NSi. The van der Waals surface area contributed by atoms with E-state index in [9.17, 15) is 0 Å². The monoisotopic (exact) mass is 362 g/mol. The molecule has 0 fully saturated rings. The van der Waals surface area contributed by atoms with Crippen LogP contribution in [0, 0.1) is 12.3 Å². The maximum atomic E-state index is 3.67. The molecule has 0 saturated carbocycles. The van der Waals surface area contributed by atoms with E-state index in [-0.39, 0.29) is 11.5 Å². The van der Waals surface area contributed by atoms with Crippen molar-refractivity contribution in [1.82, 2.24) is 5.32 Å². The number of hydrogen-bond donors (Lipinski definition) is 1. The molecule has 26 heavy (non-hydrogen) atoms. The van der Waals surface area contributed by atoms with Crippen LogP contribution >= 0.6 is 0 Å². The van der Waals surface area contributed by atoms with Gasteiger partial charge in [0.25, 0.3) is 0 Å².